The second-order valence-corrected chi connectivity index (χ2v) is 11.6. The number of phenols is 1. The van der Waals surface area contributed by atoms with Crippen LogP contribution in [0.3, 0.4) is 0 Å². The minimum absolute atomic E-state index is 0.0505. The topological polar surface area (TPSA) is 83.4 Å². The van der Waals surface area contributed by atoms with E-state index >= 15 is 4.39 Å². The highest BCUT2D eigenvalue weighted by Crippen LogP contribution is 2.40. The fourth-order valence-electron chi connectivity index (χ4n) is 7.06. The zero-order chi connectivity index (χ0) is 26.6. The highest BCUT2D eigenvalue weighted by molar-refractivity contribution is 5.98. The lowest BCUT2D eigenvalue weighted by Gasteiger charge is -2.35. The predicted octanol–water partition coefficient (Wildman–Crippen LogP) is 5.24. The second kappa shape index (κ2) is 9.68. The summed E-state index contributed by atoms with van der Waals surface area (Å²) >= 11 is 0. The Morgan fingerprint density at radius 1 is 1.10 bits per heavy atom. The number of aromatic hydroxyl groups is 1. The van der Waals surface area contributed by atoms with Crippen molar-refractivity contribution >= 4 is 21.7 Å². The monoisotopic (exact) mass is 527 g/mol. The first kappa shape index (κ1) is 24.7. The Bertz CT molecular complexity index is 1540. The van der Waals surface area contributed by atoms with Crippen LogP contribution < -0.4 is 10.1 Å². The molecule has 3 aliphatic rings. The summed E-state index contributed by atoms with van der Waals surface area (Å²) in [6.45, 7) is 2.76. The van der Waals surface area contributed by atoms with Gasteiger partial charge >= 0.3 is 6.01 Å². The van der Waals surface area contributed by atoms with Gasteiger partial charge in [0.1, 0.15) is 23.6 Å². The number of aromatic nitrogens is 3. The van der Waals surface area contributed by atoms with Gasteiger partial charge in [-0.05, 0) is 93.9 Å². The molecule has 0 radical (unpaired) electrons. The van der Waals surface area contributed by atoms with Crippen molar-refractivity contribution in [3.05, 3.63) is 54.1 Å². The number of benzene rings is 2. The van der Waals surface area contributed by atoms with Crippen molar-refractivity contribution in [1.29, 1.82) is 0 Å². The fraction of sp³-hybridized carbons (Fsp3) is 0.452. The third-order valence-corrected chi connectivity index (χ3v) is 9.25. The third kappa shape index (κ3) is 4.30. The van der Waals surface area contributed by atoms with E-state index < -0.39 is 5.82 Å². The third-order valence-electron chi connectivity index (χ3n) is 9.25. The Labute approximate surface area is 227 Å². The average Bonchev–Trinajstić information content (AvgIpc) is 3.50. The zero-order valence-electron chi connectivity index (χ0n) is 22.3. The average molecular weight is 528 g/mol. The van der Waals surface area contributed by atoms with Crippen molar-refractivity contribution in [2.45, 2.75) is 56.5 Å². The quantitative estimate of drug-likeness (QED) is 0.340. The molecule has 39 heavy (non-hydrogen) atoms. The molecular weight excluding hydrogens is 493 g/mol. The Balaban J connectivity index is 1.30. The van der Waals surface area contributed by atoms with Gasteiger partial charge in [-0.1, -0.05) is 24.3 Å². The number of hydrogen-bond acceptors (Lipinski definition) is 7. The smallest absolute Gasteiger partial charge is 0.317 e. The summed E-state index contributed by atoms with van der Waals surface area (Å²) in [4.78, 5) is 16.6. The standard InChI is InChI=1S/C31H34FN5O2/c1-33-21-12-19(13-21)14-26-25-17-34-28(24-16-22(38)15-20-6-2-3-7-23(20)24)27(32)29(25)36-30(35-26)39-18-31-8-4-10-37(31)11-5-9-31/h2-3,6-7,15-17,19,21,33,38H,4-5,8-14,18H2,1H3/t19-,21+. The van der Waals surface area contributed by atoms with Crippen LogP contribution in [-0.2, 0) is 6.42 Å². The van der Waals surface area contributed by atoms with Gasteiger partial charge in [0.25, 0.3) is 0 Å². The van der Waals surface area contributed by atoms with Gasteiger partial charge < -0.3 is 15.2 Å². The van der Waals surface area contributed by atoms with E-state index in [2.05, 4.69) is 20.2 Å². The maximum absolute atomic E-state index is 16.4. The highest BCUT2D eigenvalue weighted by atomic mass is 19.1. The molecule has 4 aromatic rings. The summed E-state index contributed by atoms with van der Waals surface area (Å²) in [5.41, 5.74) is 1.77. The summed E-state index contributed by atoms with van der Waals surface area (Å²) in [5, 5.41) is 16.0. The van der Waals surface area contributed by atoms with Crippen molar-refractivity contribution in [2.24, 2.45) is 5.92 Å². The van der Waals surface area contributed by atoms with Crippen LogP contribution in [0.1, 0.15) is 44.2 Å². The molecule has 3 fully saturated rings. The van der Waals surface area contributed by atoms with Gasteiger partial charge in [-0.15, -0.1) is 0 Å². The van der Waals surface area contributed by atoms with E-state index in [1.807, 2.05) is 31.3 Å². The van der Waals surface area contributed by atoms with Crippen molar-refractivity contribution in [3.8, 4) is 23.0 Å². The van der Waals surface area contributed by atoms with Gasteiger partial charge in [0, 0.05) is 23.2 Å². The Hall–Kier alpha value is -3.36. The summed E-state index contributed by atoms with van der Waals surface area (Å²) < 4.78 is 22.7. The van der Waals surface area contributed by atoms with Gasteiger partial charge in [-0.25, -0.2) is 4.39 Å². The second-order valence-electron chi connectivity index (χ2n) is 11.6. The fourth-order valence-corrected chi connectivity index (χ4v) is 7.06. The molecule has 0 spiro atoms. The molecule has 2 N–H and O–H groups in total. The molecule has 7 nitrogen and oxygen atoms in total. The van der Waals surface area contributed by atoms with Crippen LogP contribution in [0.5, 0.6) is 11.8 Å². The van der Waals surface area contributed by atoms with E-state index in [0.29, 0.717) is 29.5 Å². The van der Waals surface area contributed by atoms with Gasteiger partial charge in [0.05, 0.1) is 11.2 Å². The van der Waals surface area contributed by atoms with Crippen LogP contribution >= 0.6 is 0 Å². The normalized spacial score (nSPS) is 22.3. The van der Waals surface area contributed by atoms with Crippen molar-refractivity contribution in [3.63, 3.8) is 0 Å². The van der Waals surface area contributed by atoms with E-state index in [4.69, 9.17) is 9.72 Å². The zero-order valence-corrected chi connectivity index (χ0v) is 22.3. The molecule has 0 amide bonds. The Morgan fingerprint density at radius 2 is 1.90 bits per heavy atom. The highest BCUT2D eigenvalue weighted by Gasteiger charge is 2.45. The first-order valence-electron chi connectivity index (χ1n) is 14.2. The van der Waals surface area contributed by atoms with Crippen LogP contribution in [0.15, 0.2) is 42.6 Å². The molecule has 7 rings (SSSR count). The molecule has 4 heterocycles. The molecule has 2 aliphatic heterocycles. The largest absolute Gasteiger partial charge is 0.508 e. The number of ether oxygens (including phenoxy) is 1. The summed E-state index contributed by atoms with van der Waals surface area (Å²) in [6, 6.07) is 11.6. The molecule has 8 heteroatoms. The van der Waals surface area contributed by atoms with E-state index in [9.17, 15) is 5.11 Å². The predicted molar refractivity (Wildman–Crippen MR) is 149 cm³/mol. The molecule has 1 saturated carbocycles. The van der Waals surface area contributed by atoms with Gasteiger partial charge in [0.2, 0.25) is 0 Å². The van der Waals surface area contributed by atoms with Crippen LogP contribution in [-0.4, -0.2) is 63.3 Å². The molecule has 0 atom stereocenters. The molecule has 2 aromatic carbocycles. The SMILES string of the molecule is CN[C@H]1C[C@@H](Cc2nc(OCC34CCCN3CCC4)nc3c(F)c(-c4cc(O)cc5ccccc45)ncc23)C1. The van der Waals surface area contributed by atoms with Gasteiger partial charge in [-0.3, -0.25) is 9.88 Å². The number of rotatable bonds is 7. The first-order chi connectivity index (χ1) is 19.0. The number of pyridine rings is 1. The van der Waals surface area contributed by atoms with E-state index in [1.165, 1.54) is 12.8 Å². The molecule has 2 saturated heterocycles. The lowest BCUT2D eigenvalue weighted by atomic mass is 9.77. The van der Waals surface area contributed by atoms with Crippen LogP contribution in [0.2, 0.25) is 0 Å². The molecule has 0 unspecified atom stereocenters. The molecule has 0 bridgehead atoms. The minimum Gasteiger partial charge on any atom is -0.508 e. The number of hydrogen-bond donors (Lipinski definition) is 2. The lowest BCUT2D eigenvalue weighted by molar-refractivity contribution is 0.107. The lowest BCUT2D eigenvalue weighted by Crippen LogP contribution is -2.43. The molecule has 2 aromatic heterocycles. The van der Waals surface area contributed by atoms with Crippen LogP contribution in [0.25, 0.3) is 32.9 Å². The number of halogens is 1. The summed E-state index contributed by atoms with van der Waals surface area (Å²) in [7, 11) is 1.99. The summed E-state index contributed by atoms with van der Waals surface area (Å²) in [5.74, 6) is 0.0308. The van der Waals surface area contributed by atoms with E-state index in [0.717, 1.165) is 61.7 Å². The Morgan fingerprint density at radius 3 is 2.69 bits per heavy atom. The molecular formula is C31H34FN5O2. The van der Waals surface area contributed by atoms with E-state index in [1.54, 1.807) is 18.3 Å². The van der Waals surface area contributed by atoms with Crippen molar-refractivity contribution in [1.82, 2.24) is 25.2 Å². The number of fused-ring (bicyclic) bond motifs is 3. The van der Waals surface area contributed by atoms with Crippen LogP contribution in [0.4, 0.5) is 4.39 Å². The maximum atomic E-state index is 16.4. The number of phenolic OH excluding ortho intramolecular Hbond substituents is 1. The molecule has 202 valence electrons. The van der Waals surface area contributed by atoms with Gasteiger partial charge in [-0.2, -0.15) is 9.97 Å². The van der Waals surface area contributed by atoms with Crippen molar-refractivity contribution < 1.29 is 14.2 Å². The Kier molecular flexibility index (Phi) is 6.12. The number of nitrogens with one attached hydrogen (secondary N) is 1. The maximum Gasteiger partial charge on any atom is 0.317 e. The first-order valence-corrected chi connectivity index (χ1v) is 14.2. The van der Waals surface area contributed by atoms with Crippen LogP contribution in [0, 0.1) is 11.7 Å². The van der Waals surface area contributed by atoms with Gasteiger partial charge in [0.15, 0.2) is 5.82 Å². The molecule has 1 aliphatic carbocycles. The number of nitrogens with zero attached hydrogens (tertiary/aromatic N) is 4. The minimum atomic E-state index is -0.514. The van der Waals surface area contributed by atoms with Crippen molar-refractivity contribution in [2.75, 3.05) is 26.7 Å². The van der Waals surface area contributed by atoms with E-state index in [-0.39, 0.29) is 28.5 Å². The summed E-state index contributed by atoms with van der Waals surface area (Å²) in [6.07, 6.45) is 9.17.